The molecule has 0 unspecified atom stereocenters. The zero-order valence-corrected chi connectivity index (χ0v) is 14.5. The Morgan fingerprint density at radius 1 is 1.44 bits per heavy atom. The van der Waals surface area contributed by atoms with Crippen molar-refractivity contribution >= 4 is 23.3 Å². The van der Waals surface area contributed by atoms with Crippen molar-refractivity contribution < 1.29 is 19.2 Å². The number of rotatable bonds is 6. The van der Waals surface area contributed by atoms with Crippen LogP contribution in [0.2, 0.25) is 0 Å². The van der Waals surface area contributed by atoms with Crippen LogP contribution in [0.4, 0.5) is 11.4 Å². The number of hydrogen-bond acceptors (Lipinski definition) is 6. The van der Waals surface area contributed by atoms with Crippen LogP contribution >= 0.6 is 0 Å². The maximum atomic E-state index is 12.3. The summed E-state index contributed by atoms with van der Waals surface area (Å²) in [6.45, 7) is 5.27. The van der Waals surface area contributed by atoms with E-state index in [2.05, 4.69) is 5.32 Å². The molecule has 0 radical (unpaired) electrons. The summed E-state index contributed by atoms with van der Waals surface area (Å²) in [5.74, 6) is -0.608. The number of nitrogens with zero attached hydrogens (tertiary/aromatic N) is 2. The minimum Gasteiger partial charge on any atom is -0.466 e. The van der Waals surface area contributed by atoms with Crippen LogP contribution in [0.25, 0.3) is 0 Å². The van der Waals surface area contributed by atoms with E-state index in [4.69, 9.17) is 4.74 Å². The van der Waals surface area contributed by atoms with E-state index in [1.54, 1.807) is 13.8 Å². The summed E-state index contributed by atoms with van der Waals surface area (Å²) in [5, 5.41) is 13.5. The highest BCUT2D eigenvalue weighted by Crippen LogP contribution is 2.22. The van der Waals surface area contributed by atoms with Gasteiger partial charge in [-0.25, -0.2) is 0 Å². The molecule has 1 saturated heterocycles. The normalized spacial score (nSPS) is 17.8. The van der Waals surface area contributed by atoms with Gasteiger partial charge in [0.1, 0.15) is 0 Å². The van der Waals surface area contributed by atoms with Crippen molar-refractivity contribution in [2.75, 3.05) is 31.6 Å². The molecule has 1 amide bonds. The lowest BCUT2D eigenvalue weighted by molar-refractivity contribution is -0.384. The lowest BCUT2D eigenvalue weighted by Gasteiger charge is -2.30. The number of nitro benzene ring substituents is 1. The number of hydrogen-bond donors (Lipinski definition) is 1. The molecule has 0 spiro atoms. The maximum absolute atomic E-state index is 12.3. The lowest BCUT2D eigenvalue weighted by atomic mass is 9.98. The molecule has 1 heterocycles. The number of aryl methyl sites for hydroxylation is 1. The lowest BCUT2D eigenvalue weighted by Crippen LogP contribution is -2.43. The molecule has 8 heteroatoms. The summed E-state index contributed by atoms with van der Waals surface area (Å²) >= 11 is 0. The molecule has 2 rings (SSSR count). The molecule has 1 fully saturated rings. The van der Waals surface area contributed by atoms with Crippen LogP contribution in [0.3, 0.4) is 0 Å². The van der Waals surface area contributed by atoms with E-state index in [1.165, 1.54) is 18.2 Å². The molecule has 1 aliphatic rings. The van der Waals surface area contributed by atoms with Crippen LogP contribution in [-0.2, 0) is 14.3 Å². The molecule has 1 N–H and O–H groups in total. The van der Waals surface area contributed by atoms with E-state index in [1.807, 2.05) is 4.90 Å². The SMILES string of the molecule is CCOC(=O)[C@H]1CCCN(CC(=O)Nc2ccc([N+](=O)[O-])cc2C)C1. The number of piperidine rings is 1. The van der Waals surface area contributed by atoms with Crippen molar-refractivity contribution in [2.45, 2.75) is 26.7 Å². The molecule has 25 heavy (non-hydrogen) atoms. The number of amides is 1. The largest absolute Gasteiger partial charge is 0.466 e. The van der Waals surface area contributed by atoms with Crippen LogP contribution in [-0.4, -0.2) is 47.9 Å². The average Bonchev–Trinajstić information content (AvgIpc) is 2.57. The Labute approximate surface area is 146 Å². The number of non-ortho nitro benzene ring substituents is 1. The highest BCUT2D eigenvalue weighted by Gasteiger charge is 2.27. The second-order valence-electron chi connectivity index (χ2n) is 6.13. The van der Waals surface area contributed by atoms with Gasteiger partial charge in [-0.15, -0.1) is 0 Å². The fraction of sp³-hybridized carbons (Fsp3) is 0.529. The van der Waals surface area contributed by atoms with Gasteiger partial charge in [-0.2, -0.15) is 0 Å². The van der Waals surface area contributed by atoms with Gasteiger partial charge < -0.3 is 10.1 Å². The summed E-state index contributed by atoms with van der Waals surface area (Å²) in [5.41, 5.74) is 1.17. The van der Waals surface area contributed by atoms with E-state index in [9.17, 15) is 19.7 Å². The molecule has 136 valence electrons. The van der Waals surface area contributed by atoms with Gasteiger partial charge in [0.25, 0.3) is 5.69 Å². The molecule has 1 aliphatic heterocycles. The monoisotopic (exact) mass is 349 g/mol. The fourth-order valence-electron chi connectivity index (χ4n) is 2.95. The Bertz CT molecular complexity index is 662. The van der Waals surface area contributed by atoms with Crippen molar-refractivity contribution in [2.24, 2.45) is 5.92 Å². The molecular weight excluding hydrogens is 326 g/mol. The van der Waals surface area contributed by atoms with E-state index < -0.39 is 4.92 Å². The molecule has 8 nitrogen and oxygen atoms in total. The quantitative estimate of drug-likeness (QED) is 0.479. The zero-order valence-electron chi connectivity index (χ0n) is 14.5. The molecule has 0 aliphatic carbocycles. The van der Waals surface area contributed by atoms with Gasteiger partial charge in [-0.05, 0) is 44.9 Å². The molecule has 0 saturated carbocycles. The first-order chi connectivity index (χ1) is 11.9. The third-order valence-corrected chi connectivity index (χ3v) is 4.19. The van der Waals surface area contributed by atoms with Crippen LogP contribution in [0.15, 0.2) is 18.2 Å². The van der Waals surface area contributed by atoms with Gasteiger partial charge in [0.15, 0.2) is 0 Å². The van der Waals surface area contributed by atoms with Crippen molar-refractivity contribution in [3.8, 4) is 0 Å². The van der Waals surface area contributed by atoms with E-state index in [0.29, 0.717) is 24.4 Å². The number of likely N-dealkylation sites (tertiary alicyclic amines) is 1. The van der Waals surface area contributed by atoms with Crippen LogP contribution in [0, 0.1) is 23.0 Å². The molecule has 1 atom stereocenters. The van der Waals surface area contributed by atoms with Crippen molar-refractivity contribution in [3.63, 3.8) is 0 Å². The first-order valence-corrected chi connectivity index (χ1v) is 8.34. The van der Waals surface area contributed by atoms with Gasteiger partial charge in [0, 0.05) is 24.4 Å². The third kappa shape index (κ3) is 5.25. The Kier molecular flexibility index (Phi) is 6.46. The first kappa shape index (κ1) is 18.9. The summed E-state index contributed by atoms with van der Waals surface area (Å²) in [7, 11) is 0. The van der Waals surface area contributed by atoms with Crippen molar-refractivity contribution in [1.82, 2.24) is 4.90 Å². The predicted octanol–water partition coefficient (Wildman–Crippen LogP) is 2.12. The second-order valence-corrected chi connectivity index (χ2v) is 6.13. The molecule has 0 aromatic heterocycles. The van der Waals surface area contributed by atoms with Gasteiger partial charge in [0.2, 0.25) is 5.91 Å². The molecule has 1 aromatic carbocycles. The van der Waals surface area contributed by atoms with Crippen LogP contribution < -0.4 is 5.32 Å². The Hall–Kier alpha value is -2.48. The van der Waals surface area contributed by atoms with Crippen molar-refractivity contribution in [3.05, 3.63) is 33.9 Å². The number of nitro groups is 1. The van der Waals surface area contributed by atoms with Gasteiger partial charge in [-0.1, -0.05) is 0 Å². The Balaban J connectivity index is 1.91. The summed E-state index contributed by atoms with van der Waals surface area (Å²) in [6, 6.07) is 4.32. The summed E-state index contributed by atoms with van der Waals surface area (Å²) in [6.07, 6.45) is 1.62. The van der Waals surface area contributed by atoms with Gasteiger partial charge in [0.05, 0.1) is 24.0 Å². The highest BCUT2D eigenvalue weighted by atomic mass is 16.6. The molecular formula is C17H23N3O5. The minimum atomic E-state index is -0.470. The predicted molar refractivity (Wildman–Crippen MR) is 92.3 cm³/mol. The van der Waals surface area contributed by atoms with Gasteiger partial charge >= 0.3 is 5.97 Å². The first-order valence-electron chi connectivity index (χ1n) is 8.34. The number of esters is 1. The molecule has 1 aromatic rings. The zero-order chi connectivity index (χ0) is 18.4. The number of carbonyl (C=O) groups is 2. The Morgan fingerprint density at radius 3 is 2.84 bits per heavy atom. The van der Waals surface area contributed by atoms with Crippen molar-refractivity contribution in [1.29, 1.82) is 0 Å². The Morgan fingerprint density at radius 2 is 2.20 bits per heavy atom. The van der Waals surface area contributed by atoms with E-state index in [0.717, 1.165) is 19.4 Å². The smallest absolute Gasteiger partial charge is 0.310 e. The average molecular weight is 349 g/mol. The fourth-order valence-corrected chi connectivity index (χ4v) is 2.95. The topological polar surface area (TPSA) is 102 Å². The second kappa shape index (κ2) is 8.57. The number of benzene rings is 1. The number of nitrogens with one attached hydrogen (secondary N) is 1. The van der Waals surface area contributed by atoms with E-state index >= 15 is 0 Å². The maximum Gasteiger partial charge on any atom is 0.310 e. The van der Waals surface area contributed by atoms with E-state index in [-0.39, 0.29) is 30.0 Å². The highest BCUT2D eigenvalue weighted by molar-refractivity contribution is 5.93. The number of carbonyl (C=O) groups excluding carboxylic acids is 2. The number of anilines is 1. The molecule has 0 bridgehead atoms. The number of ether oxygens (including phenoxy) is 1. The minimum absolute atomic E-state index is 0.0104. The van der Waals surface area contributed by atoms with Gasteiger partial charge in [-0.3, -0.25) is 24.6 Å². The van der Waals surface area contributed by atoms with Crippen LogP contribution in [0.5, 0.6) is 0 Å². The standard InChI is InChI=1S/C17H23N3O5/c1-3-25-17(22)13-5-4-8-19(10-13)11-16(21)18-15-7-6-14(20(23)24)9-12(15)2/h6-7,9,13H,3-5,8,10-11H2,1-2H3,(H,18,21)/t13-/m0/s1. The van der Waals surface area contributed by atoms with Crippen LogP contribution in [0.1, 0.15) is 25.3 Å². The third-order valence-electron chi connectivity index (χ3n) is 4.19. The summed E-state index contributed by atoms with van der Waals surface area (Å²) in [4.78, 5) is 36.3. The summed E-state index contributed by atoms with van der Waals surface area (Å²) < 4.78 is 5.06.